The monoisotopic (exact) mass is 261 g/mol. The highest BCUT2D eigenvalue weighted by molar-refractivity contribution is 5.15. The Balaban J connectivity index is 2.32. The molecule has 1 nitrogen and oxygen atoms in total. The van der Waals surface area contributed by atoms with Crippen LogP contribution >= 0.6 is 0 Å². The first kappa shape index (κ1) is 16.2. The summed E-state index contributed by atoms with van der Waals surface area (Å²) in [5, 5.41) is 3.58. The van der Waals surface area contributed by atoms with Crippen molar-refractivity contribution in [3.05, 3.63) is 35.9 Å². The van der Waals surface area contributed by atoms with Crippen LogP contribution in [0, 0.1) is 5.92 Å². The Kier molecular flexibility index (Phi) is 7.15. The third-order valence-corrected chi connectivity index (χ3v) is 3.51. The lowest BCUT2D eigenvalue weighted by atomic mass is 9.91. The zero-order valence-electron chi connectivity index (χ0n) is 13.2. The van der Waals surface area contributed by atoms with E-state index in [0.717, 1.165) is 12.5 Å². The van der Waals surface area contributed by atoms with E-state index in [0.29, 0.717) is 0 Å². The van der Waals surface area contributed by atoms with Crippen molar-refractivity contribution < 1.29 is 0 Å². The van der Waals surface area contributed by atoms with Gasteiger partial charge < -0.3 is 5.32 Å². The largest absolute Gasteiger partial charge is 0.312 e. The summed E-state index contributed by atoms with van der Waals surface area (Å²) < 4.78 is 0. The molecule has 0 fully saturated rings. The van der Waals surface area contributed by atoms with E-state index >= 15 is 0 Å². The van der Waals surface area contributed by atoms with Crippen LogP contribution in [0.4, 0.5) is 0 Å². The zero-order valence-corrected chi connectivity index (χ0v) is 13.2. The molecule has 0 saturated heterocycles. The van der Waals surface area contributed by atoms with Crippen LogP contribution < -0.4 is 5.32 Å². The molecule has 1 aromatic rings. The molecule has 0 saturated carbocycles. The molecule has 19 heavy (non-hydrogen) atoms. The van der Waals surface area contributed by atoms with Gasteiger partial charge in [0.25, 0.3) is 0 Å². The van der Waals surface area contributed by atoms with Crippen molar-refractivity contribution in [2.75, 3.05) is 6.54 Å². The Hall–Kier alpha value is -0.820. The highest BCUT2D eigenvalue weighted by atomic mass is 14.9. The smallest absolute Gasteiger partial charge is 0.00965 e. The van der Waals surface area contributed by atoms with Crippen molar-refractivity contribution in [1.29, 1.82) is 0 Å². The van der Waals surface area contributed by atoms with Crippen molar-refractivity contribution in [2.45, 2.75) is 65.3 Å². The van der Waals surface area contributed by atoms with Crippen LogP contribution in [0.5, 0.6) is 0 Å². The molecule has 0 heterocycles. The molecule has 0 radical (unpaired) electrons. The Bertz CT molecular complexity index is 323. The molecule has 0 aromatic heterocycles. The van der Waals surface area contributed by atoms with Gasteiger partial charge in [-0.3, -0.25) is 0 Å². The molecule has 1 rings (SSSR count). The van der Waals surface area contributed by atoms with Crippen LogP contribution in [-0.4, -0.2) is 12.1 Å². The Labute approximate surface area is 119 Å². The van der Waals surface area contributed by atoms with Gasteiger partial charge >= 0.3 is 0 Å². The first-order valence-corrected chi connectivity index (χ1v) is 7.80. The summed E-state index contributed by atoms with van der Waals surface area (Å²) in [7, 11) is 0. The SMILES string of the molecule is CCCC(CCCNC(C)(C)C)Cc1ccccc1. The summed E-state index contributed by atoms with van der Waals surface area (Å²) in [6.07, 6.45) is 6.51. The van der Waals surface area contributed by atoms with Crippen LogP contribution in [0.2, 0.25) is 0 Å². The standard InChI is InChI=1S/C18H31N/c1-5-10-16(13-9-14-19-18(2,3)4)15-17-11-7-6-8-12-17/h6-8,11-12,16,19H,5,9-10,13-15H2,1-4H3. The van der Waals surface area contributed by atoms with E-state index in [2.05, 4.69) is 63.3 Å². The molecule has 0 amide bonds. The van der Waals surface area contributed by atoms with Gasteiger partial charge in [0.2, 0.25) is 0 Å². The molecular formula is C18H31N. The maximum atomic E-state index is 3.58. The maximum Gasteiger partial charge on any atom is 0.00965 e. The third-order valence-electron chi connectivity index (χ3n) is 3.51. The van der Waals surface area contributed by atoms with E-state index in [9.17, 15) is 0 Å². The molecule has 0 spiro atoms. The second-order valence-corrected chi connectivity index (χ2v) is 6.66. The average molecular weight is 261 g/mol. The summed E-state index contributed by atoms with van der Waals surface area (Å²) in [5.41, 5.74) is 1.74. The van der Waals surface area contributed by atoms with Gasteiger partial charge in [0.05, 0.1) is 0 Å². The third kappa shape index (κ3) is 8.05. The van der Waals surface area contributed by atoms with E-state index in [4.69, 9.17) is 0 Å². The molecule has 1 heteroatoms. The predicted octanol–water partition coefficient (Wildman–Crippen LogP) is 4.81. The molecule has 1 N–H and O–H groups in total. The minimum absolute atomic E-state index is 0.250. The lowest BCUT2D eigenvalue weighted by molar-refractivity contribution is 0.382. The number of hydrogen-bond acceptors (Lipinski definition) is 1. The van der Waals surface area contributed by atoms with Crippen LogP contribution in [0.15, 0.2) is 30.3 Å². The fourth-order valence-electron chi connectivity index (χ4n) is 2.56. The lowest BCUT2D eigenvalue weighted by Gasteiger charge is -2.22. The van der Waals surface area contributed by atoms with Crippen LogP contribution in [0.25, 0.3) is 0 Å². The van der Waals surface area contributed by atoms with Crippen LogP contribution in [0.1, 0.15) is 58.9 Å². The predicted molar refractivity (Wildman–Crippen MR) is 85.5 cm³/mol. The van der Waals surface area contributed by atoms with E-state index in [1.54, 1.807) is 0 Å². The molecule has 0 aliphatic rings. The number of nitrogens with one attached hydrogen (secondary N) is 1. The first-order chi connectivity index (χ1) is 9.01. The highest BCUT2D eigenvalue weighted by Crippen LogP contribution is 2.19. The minimum atomic E-state index is 0.250. The molecule has 1 aromatic carbocycles. The Morgan fingerprint density at radius 1 is 1.05 bits per heavy atom. The Morgan fingerprint density at radius 3 is 2.32 bits per heavy atom. The number of benzene rings is 1. The van der Waals surface area contributed by atoms with Crippen molar-refractivity contribution in [3.63, 3.8) is 0 Å². The van der Waals surface area contributed by atoms with E-state index in [1.165, 1.54) is 37.7 Å². The lowest BCUT2D eigenvalue weighted by Crippen LogP contribution is -2.36. The van der Waals surface area contributed by atoms with Gasteiger partial charge in [-0.1, -0.05) is 50.1 Å². The molecule has 1 unspecified atom stereocenters. The quantitative estimate of drug-likeness (QED) is 0.662. The fourth-order valence-corrected chi connectivity index (χ4v) is 2.56. The van der Waals surface area contributed by atoms with Gasteiger partial charge in [0.15, 0.2) is 0 Å². The van der Waals surface area contributed by atoms with Gasteiger partial charge in [0.1, 0.15) is 0 Å². The van der Waals surface area contributed by atoms with Crippen LogP contribution in [-0.2, 0) is 6.42 Å². The zero-order chi connectivity index (χ0) is 14.1. The van der Waals surface area contributed by atoms with Gasteiger partial charge in [-0.2, -0.15) is 0 Å². The maximum absolute atomic E-state index is 3.58. The summed E-state index contributed by atoms with van der Waals surface area (Å²) in [6, 6.07) is 10.9. The Morgan fingerprint density at radius 2 is 1.74 bits per heavy atom. The molecule has 0 bridgehead atoms. The van der Waals surface area contributed by atoms with Crippen molar-refractivity contribution in [1.82, 2.24) is 5.32 Å². The van der Waals surface area contributed by atoms with Crippen molar-refractivity contribution in [3.8, 4) is 0 Å². The first-order valence-electron chi connectivity index (χ1n) is 7.80. The summed E-state index contributed by atoms with van der Waals surface area (Å²) in [5.74, 6) is 0.842. The minimum Gasteiger partial charge on any atom is -0.312 e. The second-order valence-electron chi connectivity index (χ2n) is 6.66. The van der Waals surface area contributed by atoms with Crippen molar-refractivity contribution >= 4 is 0 Å². The summed E-state index contributed by atoms with van der Waals surface area (Å²) in [6.45, 7) is 10.1. The van der Waals surface area contributed by atoms with Gasteiger partial charge in [-0.05, 0) is 58.1 Å². The molecule has 0 aliphatic carbocycles. The molecule has 108 valence electrons. The molecular weight excluding hydrogens is 230 g/mol. The van der Waals surface area contributed by atoms with Gasteiger partial charge in [0, 0.05) is 5.54 Å². The van der Waals surface area contributed by atoms with Crippen LogP contribution in [0.3, 0.4) is 0 Å². The molecule has 0 aliphatic heterocycles. The average Bonchev–Trinajstić information content (AvgIpc) is 2.35. The highest BCUT2D eigenvalue weighted by Gasteiger charge is 2.11. The summed E-state index contributed by atoms with van der Waals surface area (Å²) in [4.78, 5) is 0. The van der Waals surface area contributed by atoms with E-state index in [1.807, 2.05) is 0 Å². The summed E-state index contributed by atoms with van der Waals surface area (Å²) >= 11 is 0. The van der Waals surface area contributed by atoms with Gasteiger partial charge in [-0.25, -0.2) is 0 Å². The number of hydrogen-bond donors (Lipinski definition) is 1. The second kappa shape index (κ2) is 8.37. The fraction of sp³-hybridized carbons (Fsp3) is 0.667. The van der Waals surface area contributed by atoms with Gasteiger partial charge in [-0.15, -0.1) is 0 Å². The topological polar surface area (TPSA) is 12.0 Å². The van der Waals surface area contributed by atoms with Crippen molar-refractivity contribution in [2.24, 2.45) is 5.92 Å². The normalized spacial score (nSPS) is 13.5. The van der Waals surface area contributed by atoms with E-state index < -0.39 is 0 Å². The molecule has 1 atom stereocenters. The number of rotatable bonds is 8. The van der Waals surface area contributed by atoms with E-state index in [-0.39, 0.29) is 5.54 Å².